The number of carbonyl (C=O) groups is 1. The molecule has 0 bridgehead atoms. The number of benzene rings is 2. The number of aromatic nitrogens is 3. The fourth-order valence-electron chi connectivity index (χ4n) is 3.79. The van der Waals surface area contributed by atoms with Gasteiger partial charge in [0.15, 0.2) is 5.82 Å². The summed E-state index contributed by atoms with van der Waals surface area (Å²) in [5.74, 6) is 1.11. The molecule has 1 N–H and O–H groups in total. The van der Waals surface area contributed by atoms with E-state index in [1.165, 1.54) is 25.7 Å². The fraction of sp³-hybridized carbons (Fsp3) is 0.423. The number of nitrogens with zero attached hydrogens (tertiary/aromatic N) is 3. The van der Waals surface area contributed by atoms with E-state index in [2.05, 4.69) is 30.7 Å². The molecule has 0 radical (unpaired) electrons. The number of hydrogen-bond acceptors (Lipinski definition) is 3. The van der Waals surface area contributed by atoms with Gasteiger partial charge in [-0.2, -0.15) is 5.10 Å². The molecule has 0 unspecified atom stereocenters. The Morgan fingerprint density at radius 2 is 1.58 bits per heavy atom. The summed E-state index contributed by atoms with van der Waals surface area (Å²) >= 11 is 0. The molecule has 31 heavy (non-hydrogen) atoms. The molecule has 164 valence electrons. The highest BCUT2D eigenvalue weighted by atomic mass is 16.4. The van der Waals surface area contributed by atoms with Crippen molar-refractivity contribution in [2.24, 2.45) is 0 Å². The average molecular weight is 420 g/mol. The third-order valence-corrected chi connectivity index (χ3v) is 5.55. The van der Waals surface area contributed by atoms with Gasteiger partial charge in [0.25, 0.3) is 0 Å². The number of carboxylic acids is 1. The lowest BCUT2D eigenvalue weighted by Crippen LogP contribution is -2.07. The summed E-state index contributed by atoms with van der Waals surface area (Å²) in [6.45, 7) is 5.11. The van der Waals surface area contributed by atoms with E-state index >= 15 is 0 Å². The summed E-state index contributed by atoms with van der Waals surface area (Å²) in [5.41, 5.74) is 3.10. The summed E-state index contributed by atoms with van der Waals surface area (Å²) in [7, 11) is 0. The average Bonchev–Trinajstić information content (AvgIpc) is 3.16. The number of rotatable bonds is 12. The van der Waals surface area contributed by atoms with Crippen molar-refractivity contribution in [1.29, 1.82) is 0 Å². The van der Waals surface area contributed by atoms with Gasteiger partial charge in [0.2, 0.25) is 0 Å². The second kappa shape index (κ2) is 11.4. The minimum absolute atomic E-state index is 0.321. The van der Waals surface area contributed by atoms with Crippen LogP contribution in [0.1, 0.15) is 79.9 Å². The highest BCUT2D eigenvalue weighted by Gasteiger charge is 2.12. The van der Waals surface area contributed by atoms with Crippen LogP contribution in [0.3, 0.4) is 0 Å². The van der Waals surface area contributed by atoms with E-state index in [4.69, 9.17) is 10.1 Å². The standard InChI is InChI=1S/C26H33N3O2/c1-3-5-7-13-24-27-25(14-8-6-4-2)29(28-24)19-20-15-17-21(18-16-20)22-11-9-10-12-23(22)26(30)31/h9-12,15-18H,3-8,13-14,19H2,1-2H3,(H,30,31). The van der Waals surface area contributed by atoms with Gasteiger partial charge in [-0.1, -0.05) is 82.0 Å². The van der Waals surface area contributed by atoms with Crippen LogP contribution < -0.4 is 0 Å². The number of hydrogen-bond donors (Lipinski definition) is 1. The smallest absolute Gasteiger partial charge is 0.336 e. The zero-order valence-corrected chi connectivity index (χ0v) is 18.7. The predicted octanol–water partition coefficient (Wildman–Crippen LogP) is 6.16. The van der Waals surface area contributed by atoms with Gasteiger partial charge in [-0.3, -0.25) is 0 Å². The molecule has 2 aromatic carbocycles. The van der Waals surface area contributed by atoms with Crippen molar-refractivity contribution in [2.75, 3.05) is 0 Å². The van der Waals surface area contributed by atoms with Crippen LogP contribution in [-0.4, -0.2) is 25.8 Å². The number of aryl methyl sites for hydroxylation is 2. The zero-order valence-electron chi connectivity index (χ0n) is 18.7. The van der Waals surface area contributed by atoms with Gasteiger partial charge < -0.3 is 5.11 Å². The van der Waals surface area contributed by atoms with Gasteiger partial charge in [0.05, 0.1) is 12.1 Å². The van der Waals surface area contributed by atoms with Crippen LogP contribution in [0.2, 0.25) is 0 Å². The molecule has 5 nitrogen and oxygen atoms in total. The molecule has 0 fully saturated rings. The molecule has 5 heteroatoms. The molecular formula is C26H33N3O2. The molecule has 3 rings (SSSR count). The number of aromatic carboxylic acids is 1. The molecule has 0 atom stereocenters. The Kier molecular flexibility index (Phi) is 8.39. The molecule has 0 saturated carbocycles. The van der Waals surface area contributed by atoms with Crippen LogP contribution in [0.4, 0.5) is 0 Å². The maximum absolute atomic E-state index is 11.5. The minimum Gasteiger partial charge on any atom is -0.478 e. The van der Waals surface area contributed by atoms with Crippen molar-refractivity contribution in [2.45, 2.75) is 71.8 Å². The van der Waals surface area contributed by atoms with Gasteiger partial charge in [0.1, 0.15) is 5.82 Å². The lowest BCUT2D eigenvalue weighted by Gasteiger charge is -2.09. The minimum atomic E-state index is -0.908. The van der Waals surface area contributed by atoms with E-state index in [0.717, 1.165) is 54.0 Å². The van der Waals surface area contributed by atoms with Crippen molar-refractivity contribution in [3.05, 3.63) is 71.3 Å². The third-order valence-electron chi connectivity index (χ3n) is 5.55. The van der Waals surface area contributed by atoms with Gasteiger partial charge >= 0.3 is 5.97 Å². The zero-order chi connectivity index (χ0) is 22.1. The normalized spacial score (nSPS) is 11.0. The Labute approximate surface area is 185 Å². The first-order valence-corrected chi connectivity index (χ1v) is 11.5. The van der Waals surface area contributed by atoms with Crippen LogP contribution >= 0.6 is 0 Å². The van der Waals surface area contributed by atoms with Crippen LogP contribution in [0.15, 0.2) is 48.5 Å². The first-order valence-electron chi connectivity index (χ1n) is 11.5. The Morgan fingerprint density at radius 3 is 2.26 bits per heavy atom. The van der Waals surface area contributed by atoms with E-state index in [0.29, 0.717) is 12.1 Å². The molecule has 1 heterocycles. The van der Waals surface area contributed by atoms with Crippen LogP contribution in [0.25, 0.3) is 11.1 Å². The SMILES string of the molecule is CCCCCc1nc(CCCCC)n(Cc2ccc(-c3ccccc3C(=O)O)cc2)n1. The van der Waals surface area contributed by atoms with Crippen LogP contribution in [-0.2, 0) is 19.4 Å². The van der Waals surface area contributed by atoms with Crippen LogP contribution in [0.5, 0.6) is 0 Å². The number of carboxylic acid groups (broad SMARTS) is 1. The van der Waals surface area contributed by atoms with E-state index in [-0.39, 0.29) is 0 Å². The van der Waals surface area contributed by atoms with Crippen LogP contribution in [0, 0.1) is 0 Å². The lowest BCUT2D eigenvalue weighted by atomic mass is 9.99. The Hall–Kier alpha value is -2.95. The molecular weight excluding hydrogens is 386 g/mol. The van der Waals surface area contributed by atoms with E-state index < -0.39 is 5.97 Å². The monoisotopic (exact) mass is 419 g/mol. The molecule has 0 amide bonds. The summed E-state index contributed by atoms with van der Waals surface area (Å²) in [6, 6.07) is 15.2. The second-order valence-electron chi connectivity index (χ2n) is 8.06. The van der Waals surface area contributed by atoms with Gasteiger partial charge in [-0.25, -0.2) is 14.5 Å². The Bertz CT molecular complexity index is 977. The first-order chi connectivity index (χ1) is 15.1. The molecule has 3 aromatic rings. The fourth-order valence-corrected chi connectivity index (χ4v) is 3.79. The highest BCUT2D eigenvalue weighted by Crippen LogP contribution is 2.24. The summed E-state index contributed by atoms with van der Waals surface area (Å²) in [5, 5.41) is 14.3. The Balaban J connectivity index is 1.77. The third kappa shape index (κ3) is 6.27. The summed E-state index contributed by atoms with van der Waals surface area (Å²) < 4.78 is 2.05. The van der Waals surface area contributed by atoms with E-state index in [1.54, 1.807) is 12.1 Å². The first kappa shape index (κ1) is 22.7. The summed E-state index contributed by atoms with van der Waals surface area (Å²) in [6.07, 6.45) is 8.96. The largest absolute Gasteiger partial charge is 0.478 e. The van der Waals surface area contributed by atoms with Gasteiger partial charge in [-0.15, -0.1) is 0 Å². The quantitative estimate of drug-likeness (QED) is 0.357. The highest BCUT2D eigenvalue weighted by molar-refractivity contribution is 5.95. The molecule has 0 saturated heterocycles. The van der Waals surface area contributed by atoms with Crippen molar-refractivity contribution in [3.8, 4) is 11.1 Å². The number of unbranched alkanes of at least 4 members (excludes halogenated alkanes) is 4. The Morgan fingerprint density at radius 1 is 0.903 bits per heavy atom. The molecule has 1 aromatic heterocycles. The molecule has 0 aliphatic carbocycles. The van der Waals surface area contributed by atoms with E-state index in [9.17, 15) is 9.90 Å². The second-order valence-corrected chi connectivity index (χ2v) is 8.06. The van der Waals surface area contributed by atoms with Gasteiger partial charge in [0, 0.05) is 12.8 Å². The maximum atomic E-state index is 11.5. The molecule has 0 aliphatic heterocycles. The predicted molar refractivity (Wildman–Crippen MR) is 124 cm³/mol. The maximum Gasteiger partial charge on any atom is 0.336 e. The van der Waals surface area contributed by atoms with Crippen molar-refractivity contribution < 1.29 is 9.90 Å². The van der Waals surface area contributed by atoms with Crippen molar-refractivity contribution >= 4 is 5.97 Å². The van der Waals surface area contributed by atoms with E-state index in [1.807, 2.05) is 24.3 Å². The van der Waals surface area contributed by atoms with Gasteiger partial charge in [-0.05, 0) is 35.6 Å². The topological polar surface area (TPSA) is 68.0 Å². The summed E-state index contributed by atoms with van der Waals surface area (Å²) in [4.78, 5) is 16.4. The van der Waals surface area contributed by atoms with Crippen molar-refractivity contribution in [1.82, 2.24) is 14.8 Å². The molecule has 0 spiro atoms. The van der Waals surface area contributed by atoms with Crippen molar-refractivity contribution in [3.63, 3.8) is 0 Å². The lowest BCUT2D eigenvalue weighted by molar-refractivity contribution is 0.0697. The molecule has 0 aliphatic rings.